The Labute approximate surface area is 115 Å². The minimum Gasteiger partial charge on any atom is -0.489 e. The van der Waals surface area contributed by atoms with Gasteiger partial charge in [-0.3, -0.25) is 0 Å². The first-order valence-corrected chi connectivity index (χ1v) is 6.19. The Balaban J connectivity index is 1.96. The number of rotatable bonds is 4. The van der Waals surface area contributed by atoms with Crippen LogP contribution in [0.4, 0.5) is 5.82 Å². The molecule has 0 saturated carbocycles. The SMILES string of the molecule is Nc1ncccc1OCCc1cc(Cl)ccc1Cl. The molecule has 1 heterocycles. The third kappa shape index (κ3) is 3.28. The zero-order valence-corrected chi connectivity index (χ0v) is 11.1. The van der Waals surface area contributed by atoms with E-state index in [1.165, 1.54) is 0 Å². The van der Waals surface area contributed by atoms with E-state index in [1.807, 2.05) is 6.07 Å². The fourth-order valence-corrected chi connectivity index (χ4v) is 1.94. The van der Waals surface area contributed by atoms with Gasteiger partial charge in [-0.05, 0) is 35.9 Å². The summed E-state index contributed by atoms with van der Waals surface area (Å²) in [6.45, 7) is 0.468. The summed E-state index contributed by atoms with van der Waals surface area (Å²) in [4.78, 5) is 3.94. The van der Waals surface area contributed by atoms with Gasteiger partial charge >= 0.3 is 0 Å². The Morgan fingerprint density at radius 3 is 2.83 bits per heavy atom. The van der Waals surface area contributed by atoms with E-state index in [2.05, 4.69) is 4.98 Å². The average molecular weight is 283 g/mol. The van der Waals surface area contributed by atoms with E-state index in [-0.39, 0.29) is 0 Å². The predicted octanol–water partition coefficient (Wildman–Crippen LogP) is 3.59. The highest BCUT2D eigenvalue weighted by atomic mass is 35.5. The summed E-state index contributed by atoms with van der Waals surface area (Å²) in [5.41, 5.74) is 6.62. The molecular formula is C13H12Cl2N2O. The van der Waals surface area contributed by atoms with E-state index in [0.717, 1.165) is 5.56 Å². The molecule has 0 fully saturated rings. The maximum absolute atomic E-state index is 6.06. The minimum atomic E-state index is 0.384. The number of nitrogens with zero attached hydrogens (tertiary/aromatic N) is 1. The molecule has 0 aliphatic rings. The third-order valence-electron chi connectivity index (χ3n) is 2.44. The van der Waals surface area contributed by atoms with E-state index in [4.69, 9.17) is 33.7 Å². The quantitative estimate of drug-likeness (QED) is 0.932. The highest BCUT2D eigenvalue weighted by molar-refractivity contribution is 6.33. The van der Waals surface area contributed by atoms with E-state index >= 15 is 0 Å². The van der Waals surface area contributed by atoms with Crippen LogP contribution in [-0.2, 0) is 6.42 Å². The molecule has 0 aliphatic carbocycles. The Hall–Kier alpha value is -1.45. The Morgan fingerprint density at radius 2 is 2.06 bits per heavy atom. The minimum absolute atomic E-state index is 0.384. The van der Waals surface area contributed by atoms with Gasteiger partial charge in [-0.15, -0.1) is 0 Å². The molecule has 18 heavy (non-hydrogen) atoms. The van der Waals surface area contributed by atoms with Crippen LogP contribution in [0.2, 0.25) is 10.0 Å². The highest BCUT2D eigenvalue weighted by Gasteiger charge is 2.04. The maximum Gasteiger partial charge on any atom is 0.166 e. The summed E-state index contributed by atoms with van der Waals surface area (Å²) < 4.78 is 5.55. The van der Waals surface area contributed by atoms with Crippen molar-refractivity contribution in [2.24, 2.45) is 0 Å². The largest absolute Gasteiger partial charge is 0.489 e. The van der Waals surface area contributed by atoms with Gasteiger partial charge < -0.3 is 10.5 Å². The van der Waals surface area contributed by atoms with Gasteiger partial charge in [-0.2, -0.15) is 0 Å². The number of pyridine rings is 1. The molecule has 3 nitrogen and oxygen atoms in total. The zero-order valence-electron chi connectivity index (χ0n) is 9.57. The first-order valence-electron chi connectivity index (χ1n) is 5.44. The molecule has 0 aliphatic heterocycles. The molecule has 5 heteroatoms. The molecule has 2 N–H and O–H groups in total. The number of anilines is 1. The van der Waals surface area contributed by atoms with E-state index in [0.29, 0.717) is 34.6 Å². The molecule has 0 saturated heterocycles. The lowest BCUT2D eigenvalue weighted by Gasteiger charge is -2.09. The van der Waals surface area contributed by atoms with Crippen molar-refractivity contribution in [3.8, 4) is 5.75 Å². The van der Waals surface area contributed by atoms with Gasteiger partial charge in [0.25, 0.3) is 0 Å². The molecule has 0 radical (unpaired) electrons. The lowest BCUT2D eigenvalue weighted by atomic mass is 10.1. The Kier molecular flexibility index (Phi) is 4.28. The second-order valence-electron chi connectivity index (χ2n) is 3.72. The Morgan fingerprint density at radius 1 is 1.22 bits per heavy atom. The highest BCUT2D eigenvalue weighted by Crippen LogP contribution is 2.22. The van der Waals surface area contributed by atoms with Gasteiger partial charge in [0, 0.05) is 22.7 Å². The van der Waals surface area contributed by atoms with Crippen LogP contribution in [0.15, 0.2) is 36.5 Å². The standard InChI is InChI=1S/C13H12Cl2N2O/c14-10-3-4-11(15)9(8-10)5-7-18-12-2-1-6-17-13(12)16/h1-4,6,8H,5,7H2,(H2,16,17). The van der Waals surface area contributed by atoms with Crippen LogP contribution in [0.1, 0.15) is 5.56 Å². The van der Waals surface area contributed by atoms with Crippen LogP contribution in [0, 0.1) is 0 Å². The van der Waals surface area contributed by atoms with Crippen molar-refractivity contribution in [3.63, 3.8) is 0 Å². The van der Waals surface area contributed by atoms with Gasteiger partial charge in [-0.25, -0.2) is 4.98 Å². The van der Waals surface area contributed by atoms with Gasteiger partial charge in [0.2, 0.25) is 0 Å². The van der Waals surface area contributed by atoms with Crippen molar-refractivity contribution in [2.45, 2.75) is 6.42 Å². The molecular weight excluding hydrogens is 271 g/mol. The van der Waals surface area contributed by atoms with Gasteiger partial charge in [0.05, 0.1) is 6.61 Å². The topological polar surface area (TPSA) is 48.1 Å². The Bertz CT molecular complexity index is 546. The van der Waals surface area contributed by atoms with E-state index in [1.54, 1.807) is 30.5 Å². The summed E-state index contributed by atoms with van der Waals surface area (Å²) >= 11 is 12.0. The number of ether oxygens (including phenoxy) is 1. The van der Waals surface area contributed by atoms with Crippen LogP contribution in [0.3, 0.4) is 0 Å². The van der Waals surface area contributed by atoms with E-state index < -0.39 is 0 Å². The van der Waals surface area contributed by atoms with Crippen LogP contribution >= 0.6 is 23.2 Å². The van der Waals surface area contributed by atoms with Crippen molar-refractivity contribution >= 4 is 29.0 Å². The smallest absolute Gasteiger partial charge is 0.166 e. The lowest BCUT2D eigenvalue weighted by Crippen LogP contribution is -2.04. The second-order valence-corrected chi connectivity index (χ2v) is 4.56. The lowest BCUT2D eigenvalue weighted by molar-refractivity contribution is 0.322. The maximum atomic E-state index is 6.06. The van der Waals surface area contributed by atoms with Crippen molar-refractivity contribution in [1.82, 2.24) is 4.98 Å². The number of halogens is 2. The third-order valence-corrected chi connectivity index (χ3v) is 3.04. The summed E-state index contributed by atoms with van der Waals surface area (Å²) in [5, 5.41) is 1.34. The van der Waals surface area contributed by atoms with Crippen molar-refractivity contribution in [2.75, 3.05) is 12.3 Å². The van der Waals surface area contributed by atoms with Crippen LogP contribution in [0.5, 0.6) is 5.75 Å². The predicted molar refractivity (Wildman–Crippen MR) is 74.3 cm³/mol. The number of aromatic nitrogens is 1. The number of nitrogen functional groups attached to an aromatic ring is 1. The molecule has 0 bridgehead atoms. The zero-order chi connectivity index (χ0) is 13.0. The number of nitrogens with two attached hydrogens (primary N) is 1. The van der Waals surface area contributed by atoms with Crippen LogP contribution in [-0.4, -0.2) is 11.6 Å². The molecule has 2 aromatic rings. The van der Waals surface area contributed by atoms with Gasteiger partial charge in [-0.1, -0.05) is 23.2 Å². The van der Waals surface area contributed by atoms with E-state index in [9.17, 15) is 0 Å². The fourth-order valence-electron chi connectivity index (χ4n) is 1.53. The average Bonchev–Trinajstić information content (AvgIpc) is 2.36. The number of hydrogen-bond acceptors (Lipinski definition) is 3. The van der Waals surface area contributed by atoms with Crippen LogP contribution < -0.4 is 10.5 Å². The summed E-state index contributed by atoms with van der Waals surface area (Å²) in [6, 6.07) is 8.92. The fraction of sp³-hybridized carbons (Fsp3) is 0.154. The molecule has 2 rings (SSSR count). The number of hydrogen-bond donors (Lipinski definition) is 1. The molecule has 1 aromatic carbocycles. The summed E-state index contributed by atoms with van der Waals surface area (Å²) in [6.07, 6.45) is 2.28. The van der Waals surface area contributed by atoms with Crippen LogP contribution in [0.25, 0.3) is 0 Å². The molecule has 0 unspecified atom stereocenters. The first-order chi connectivity index (χ1) is 8.66. The normalized spacial score (nSPS) is 10.3. The molecule has 0 amide bonds. The van der Waals surface area contributed by atoms with Gasteiger partial charge in [0.15, 0.2) is 11.6 Å². The number of benzene rings is 1. The van der Waals surface area contributed by atoms with Crippen molar-refractivity contribution in [1.29, 1.82) is 0 Å². The summed E-state index contributed by atoms with van der Waals surface area (Å²) in [5.74, 6) is 0.963. The first kappa shape index (κ1) is 13.0. The monoisotopic (exact) mass is 282 g/mol. The molecule has 0 spiro atoms. The van der Waals surface area contributed by atoms with Crippen molar-refractivity contribution < 1.29 is 4.74 Å². The molecule has 0 atom stereocenters. The molecule has 1 aromatic heterocycles. The van der Waals surface area contributed by atoms with Crippen molar-refractivity contribution in [3.05, 3.63) is 52.1 Å². The van der Waals surface area contributed by atoms with Gasteiger partial charge in [0.1, 0.15) is 0 Å². The molecule has 94 valence electrons. The second kappa shape index (κ2) is 5.94. The summed E-state index contributed by atoms with van der Waals surface area (Å²) in [7, 11) is 0.